The molecule has 5 nitrogen and oxygen atoms in total. The van der Waals surface area contributed by atoms with Gasteiger partial charge >= 0.3 is 0 Å². The molecule has 0 unspecified atom stereocenters. The number of benzene rings is 2. The van der Waals surface area contributed by atoms with Crippen LogP contribution in [0.3, 0.4) is 0 Å². The molecule has 1 heterocycles. The molecule has 1 aromatic heterocycles. The minimum Gasteiger partial charge on any atom is -0.497 e. The summed E-state index contributed by atoms with van der Waals surface area (Å²) >= 11 is 0. The molecular weight excluding hydrogens is 344 g/mol. The lowest BCUT2D eigenvalue weighted by Gasteiger charge is -2.07. The van der Waals surface area contributed by atoms with E-state index in [1.54, 1.807) is 49.4 Å². The number of ketones is 2. The number of hydrogen-bond donors (Lipinski definition) is 0. The second kappa shape index (κ2) is 7.41. The Morgan fingerprint density at radius 2 is 1.81 bits per heavy atom. The van der Waals surface area contributed by atoms with Crippen LogP contribution in [0.2, 0.25) is 0 Å². The zero-order valence-corrected chi connectivity index (χ0v) is 15.2. The summed E-state index contributed by atoms with van der Waals surface area (Å²) < 4.78 is 10.8. The summed E-state index contributed by atoms with van der Waals surface area (Å²) in [5, 5.41) is 0.395. The largest absolute Gasteiger partial charge is 0.497 e. The van der Waals surface area contributed by atoms with Crippen LogP contribution in [-0.4, -0.2) is 18.7 Å². The maximum atomic E-state index is 12.9. The summed E-state index contributed by atoms with van der Waals surface area (Å²) in [5.41, 5.74) is 1.01. The fourth-order valence-electron chi connectivity index (χ4n) is 2.83. The quantitative estimate of drug-likeness (QED) is 0.297. The maximum absolute atomic E-state index is 12.9. The van der Waals surface area contributed by atoms with Gasteiger partial charge in [-0.15, -0.1) is 0 Å². The van der Waals surface area contributed by atoms with Crippen molar-refractivity contribution in [3.63, 3.8) is 0 Å². The summed E-state index contributed by atoms with van der Waals surface area (Å²) in [5.74, 6) is 0.176. The summed E-state index contributed by atoms with van der Waals surface area (Å²) in [7, 11) is 1.51. The third-order valence-electron chi connectivity index (χ3n) is 4.16. The SMILES string of the molecule is COc1cccc(C(=O)C(=Cc2cccc3c(=O)cc(C)oc23)C(C)=O)c1. The molecule has 0 amide bonds. The Morgan fingerprint density at radius 1 is 1.07 bits per heavy atom. The van der Waals surface area contributed by atoms with E-state index in [4.69, 9.17) is 9.15 Å². The number of fused-ring (bicyclic) bond motifs is 1. The predicted octanol–water partition coefficient (Wildman–Crippen LogP) is 3.97. The molecule has 27 heavy (non-hydrogen) atoms. The number of carbonyl (C=O) groups excluding carboxylic acids is 2. The van der Waals surface area contributed by atoms with Gasteiger partial charge < -0.3 is 9.15 Å². The van der Waals surface area contributed by atoms with Crippen molar-refractivity contribution in [1.82, 2.24) is 0 Å². The van der Waals surface area contributed by atoms with Crippen LogP contribution in [0, 0.1) is 6.92 Å². The molecule has 0 bridgehead atoms. The molecule has 0 radical (unpaired) electrons. The second-order valence-corrected chi connectivity index (χ2v) is 6.12. The van der Waals surface area contributed by atoms with Gasteiger partial charge in [-0.25, -0.2) is 0 Å². The molecule has 5 heteroatoms. The first-order chi connectivity index (χ1) is 12.9. The first-order valence-electron chi connectivity index (χ1n) is 8.35. The molecule has 0 atom stereocenters. The third-order valence-corrected chi connectivity index (χ3v) is 4.16. The molecule has 136 valence electrons. The molecule has 0 saturated heterocycles. The summed E-state index contributed by atoms with van der Waals surface area (Å²) in [6, 6.07) is 13.0. The smallest absolute Gasteiger partial charge is 0.196 e. The Balaban J connectivity index is 2.17. The van der Waals surface area contributed by atoms with E-state index in [0.717, 1.165) is 0 Å². The van der Waals surface area contributed by atoms with Crippen LogP contribution in [0.4, 0.5) is 0 Å². The van der Waals surface area contributed by atoms with E-state index in [2.05, 4.69) is 0 Å². The van der Waals surface area contributed by atoms with Crippen molar-refractivity contribution in [2.75, 3.05) is 7.11 Å². The van der Waals surface area contributed by atoms with Gasteiger partial charge in [-0.2, -0.15) is 0 Å². The van der Waals surface area contributed by atoms with Gasteiger partial charge in [0.25, 0.3) is 0 Å². The van der Waals surface area contributed by atoms with Gasteiger partial charge in [0.1, 0.15) is 17.1 Å². The Labute approximate surface area is 155 Å². The Hall–Kier alpha value is -3.47. The number of allylic oxidation sites excluding steroid dienone is 1. The molecule has 0 aliphatic rings. The number of aryl methyl sites for hydroxylation is 1. The number of hydrogen-bond acceptors (Lipinski definition) is 5. The van der Waals surface area contributed by atoms with Crippen molar-refractivity contribution in [3.05, 3.63) is 81.2 Å². The van der Waals surface area contributed by atoms with Crippen molar-refractivity contribution in [3.8, 4) is 5.75 Å². The molecule has 2 aromatic carbocycles. The fraction of sp³-hybridized carbons (Fsp3) is 0.136. The lowest BCUT2D eigenvalue weighted by Crippen LogP contribution is -2.11. The molecule has 3 aromatic rings. The van der Waals surface area contributed by atoms with Crippen LogP contribution in [0.1, 0.15) is 28.6 Å². The summed E-state index contributed by atoms with van der Waals surface area (Å²) in [4.78, 5) is 37.2. The second-order valence-electron chi connectivity index (χ2n) is 6.12. The lowest BCUT2D eigenvalue weighted by molar-refractivity contribution is -0.113. The number of para-hydroxylation sites is 1. The minimum atomic E-state index is -0.423. The number of ether oxygens (including phenoxy) is 1. The van der Waals surface area contributed by atoms with Crippen molar-refractivity contribution in [2.45, 2.75) is 13.8 Å². The molecule has 0 N–H and O–H groups in total. The molecule has 0 spiro atoms. The van der Waals surface area contributed by atoms with Crippen LogP contribution < -0.4 is 10.2 Å². The normalized spacial score (nSPS) is 11.4. The summed E-state index contributed by atoms with van der Waals surface area (Å²) in [6.45, 7) is 3.01. The topological polar surface area (TPSA) is 73.6 Å². The average molecular weight is 362 g/mol. The maximum Gasteiger partial charge on any atom is 0.196 e. The first kappa shape index (κ1) is 18.3. The van der Waals surface area contributed by atoms with Crippen molar-refractivity contribution in [1.29, 1.82) is 0 Å². The zero-order chi connectivity index (χ0) is 19.6. The average Bonchev–Trinajstić information content (AvgIpc) is 2.65. The van der Waals surface area contributed by atoms with E-state index >= 15 is 0 Å². The van der Waals surface area contributed by atoms with Crippen molar-refractivity contribution in [2.24, 2.45) is 0 Å². The van der Waals surface area contributed by atoms with Gasteiger partial charge in [0, 0.05) is 17.2 Å². The van der Waals surface area contributed by atoms with E-state index in [1.165, 1.54) is 26.2 Å². The standard InChI is InChI=1S/C22H18O5/c1-13-10-20(24)18-9-5-7-16(22(18)27-13)12-19(14(2)23)21(25)15-6-4-8-17(11-15)26-3/h4-12H,1-3H3. The zero-order valence-electron chi connectivity index (χ0n) is 15.2. The number of Topliss-reactive ketones (excluding diaryl/α,β-unsaturated/α-hetero) is 2. The highest BCUT2D eigenvalue weighted by molar-refractivity contribution is 6.28. The van der Waals surface area contributed by atoms with Gasteiger partial charge in [0.05, 0.1) is 18.1 Å². The Kier molecular flexibility index (Phi) is 5.03. The fourth-order valence-corrected chi connectivity index (χ4v) is 2.83. The van der Waals surface area contributed by atoms with Crippen molar-refractivity contribution >= 4 is 28.6 Å². The molecular formula is C22H18O5. The van der Waals surface area contributed by atoms with Crippen LogP contribution in [0.25, 0.3) is 17.0 Å². The van der Waals surface area contributed by atoms with Crippen molar-refractivity contribution < 1.29 is 18.7 Å². The van der Waals surface area contributed by atoms with Gasteiger partial charge in [-0.3, -0.25) is 14.4 Å². The van der Waals surface area contributed by atoms with Crippen LogP contribution >= 0.6 is 0 Å². The predicted molar refractivity (Wildman–Crippen MR) is 103 cm³/mol. The van der Waals surface area contributed by atoms with Gasteiger partial charge in [0.2, 0.25) is 0 Å². The van der Waals surface area contributed by atoms with Crippen LogP contribution in [0.15, 0.2) is 63.3 Å². The van der Waals surface area contributed by atoms with Gasteiger partial charge in [0.15, 0.2) is 17.0 Å². The monoisotopic (exact) mass is 362 g/mol. The highest BCUT2D eigenvalue weighted by Gasteiger charge is 2.18. The van der Waals surface area contributed by atoms with Crippen LogP contribution in [-0.2, 0) is 4.79 Å². The third kappa shape index (κ3) is 3.72. The van der Waals surface area contributed by atoms with Gasteiger partial charge in [-0.1, -0.05) is 24.3 Å². The number of rotatable bonds is 5. The molecule has 0 aliphatic heterocycles. The highest BCUT2D eigenvalue weighted by Crippen LogP contribution is 2.23. The van der Waals surface area contributed by atoms with E-state index in [9.17, 15) is 14.4 Å². The molecule has 3 rings (SSSR count). The number of methoxy groups -OCH3 is 1. The van der Waals surface area contributed by atoms with E-state index in [-0.39, 0.29) is 16.8 Å². The number of carbonyl (C=O) groups is 2. The molecule has 0 aliphatic carbocycles. The van der Waals surface area contributed by atoms with Crippen LogP contribution in [0.5, 0.6) is 5.75 Å². The molecule has 0 fully saturated rings. The minimum absolute atomic E-state index is 0.0000850. The molecule has 0 saturated carbocycles. The first-order valence-corrected chi connectivity index (χ1v) is 8.35. The summed E-state index contributed by atoms with van der Waals surface area (Å²) in [6.07, 6.45) is 1.47. The van der Waals surface area contributed by atoms with E-state index in [1.807, 2.05) is 0 Å². The van der Waals surface area contributed by atoms with E-state index < -0.39 is 5.78 Å². The lowest BCUT2D eigenvalue weighted by atomic mass is 9.97. The Morgan fingerprint density at radius 3 is 2.52 bits per heavy atom. The van der Waals surface area contributed by atoms with Gasteiger partial charge in [-0.05, 0) is 38.1 Å². The highest BCUT2D eigenvalue weighted by atomic mass is 16.5. The Bertz CT molecular complexity index is 1130. The van der Waals surface area contributed by atoms with E-state index in [0.29, 0.717) is 33.6 Å².